The van der Waals surface area contributed by atoms with Gasteiger partial charge in [0.05, 0.1) is 11.0 Å². The zero-order valence-electron chi connectivity index (χ0n) is 13.3. The minimum absolute atomic E-state index is 0.000808. The van der Waals surface area contributed by atoms with E-state index in [2.05, 4.69) is 4.72 Å². The molecule has 0 bridgehead atoms. The molecule has 0 aromatic heterocycles. The van der Waals surface area contributed by atoms with Crippen molar-refractivity contribution in [3.8, 4) is 0 Å². The van der Waals surface area contributed by atoms with Crippen molar-refractivity contribution in [1.29, 1.82) is 0 Å². The molecular formula is C15H26N2O3S. The molecule has 0 aliphatic heterocycles. The van der Waals surface area contributed by atoms with E-state index in [0.717, 1.165) is 5.56 Å². The van der Waals surface area contributed by atoms with Crippen LogP contribution in [0.5, 0.6) is 0 Å². The van der Waals surface area contributed by atoms with Crippen LogP contribution < -0.4 is 10.5 Å². The van der Waals surface area contributed by atoms with Gasteiger partial charge in [0, 0.05) is 12.6 Å². The Morgan fingerprint density at radius 2 is 1.90 bits per heavy atom. The van der Waals surface area contributed by atoms with E-state index < -0.39 is 22.2 Å². The minimum atomic E-state index is -3.64. The second kappa shape index (κ2) is 6.44. The van der Waals surface area contributed by atoms with Gasteiger partial charge in [0.25, 0.3) is 0 Å². The summed E-state index contributed by atoms with van der Waals surface area (Å²) in [7, 11) is -3.64. The Hall–Kier alpha value is -0.950. The molecule has 1 aromatic rings. The third-order valence-electron chi connectivity index (χ3n) is 3.47. The van der Waals surface area contributed by atoms with E-state index in [4.69, 9.17) is 5.73 Å². The summed E-state index contributed by atoms with van der Waals surface area (Å²) in [5, 5.41) is 9.33. The Labute approximate surface area is 127 Å². The predicted molar refractivity (Wildman–Crippen MR) is 84.7 cm³/mol. The van der Waals surface area contributed by atoms with Crippen LogP contribution in [0.25, 0.3) is 0 Å². The number of hydrogen-bond acceptors (Lipinski definition) is 4. The topological polar surface area (TPSA) is 92.4 Å². The van der Waals surface area contributed by atoms with E-state index in [1.54, 1.807) is 13.0 Å². The van der Waals surface area contributed by atoms with Crippen LogP contribution in [-0.4, -0.2) is 32.2 Å². The summed E-state index contributed by atoms with van der Waals surface area (Å²) in [6, 6.07) is 4.82. The maximum Gasteiger partial charge on any atom is 0.240 e. The molecule has 0 fully saturated rings. The van der Waals surface area contributed by atoms with Gasteiger partial charge >= 0.3 is 0 Å². The van der Waals surface area contributed by atoms with Gasteiger partial charge in [-0.05, 0) is 36.5 Å². The van der Waals surface area contributed by atoms with Crippen molar-refractivity contribution >= 4 is 10.0 Å². The van der Waals surface area contributed by atoms with Crippen LogP contribution in [-0.2, 0) is 15.4 Å². The lowest BCUT2D eigenvalue weighted by atomic mass is 9.87. The number of hydrogen-bond donors (Lipinski definition) is 3. The fourth-order valence-electron chi connectivity index (χ4n) is 1.81. The summed E-state index contributed by atoms with van der Waals surface area (Å²) in [5.41, 5.74) is 7.16. The largest absolute Gasteiger partial charge is 0.392 e. The van der Waals surface area contributed by atoms with Crippen molar-refractivity contribution in [3.63, 3.8) is 0 Å². The van der Waals surface area contributed by atoms with Crippen LogP contribution in [0.2, 0.25) is 0 Å². The highest BCUT2D eigenvalue weighted by Crippen LogP contribution is 2.26. The molecule has 0 saturated carbocycles. The molecule has 21 heavy (non-hydrogen) atoms. The van der Waals surface area contributed by atoms with Crippen LogP contribution in [0.15, 0.2) is 23.1 Å². The molecule has 5 nitrogen and oxygen atoms in total. The highest BCUT2D eigenvalue weighted by Gasteiger charge is 2.22. The quantitative estimate of drug-likeness (QED) is 0.763. The maximum absolute atomic E-state index is 12.4. The van der Waals surface area contributed by atoms with Crippen molar-refractivity contribution < 1.29 is 13.5 Å². The van der Waals surface area contributed by atoms with Crippen LogP contribution in [0.1, 0.15) is 38.8 Å². The fourth-order valence-corrected chi connectivity index (χ4v) is 3.15. The molecule has 0 aliphatic carbocycles. The maximum atomic E-state index is 12.4. The summed E-state index contributed by atoms with van der Waals surface area (Å²) in [6.45, 7) is 9.39. The molecule has 0 saturated heterocycles. The molecule has 120 valence electrons. The summed E-state index contributed by atoms with van der Waals surface area (Å²) >= 11 is 0. The number of nitrogens with two attached hydrogens (primary N) is 1. The van der Waals surface area contributed by atoms with Gasteiger partial charge in [-0.2, -0.15) is 0 Å². The Kier molecular flexibility index (Phi) is 5.55. The van der Waals surface area contributed by atoms with Gasteiger partial charge in [-0.3, -0.25) is 0 Å². The third kappa shape index (κ3) is 4.78. The smallest absolute Gasteiger partial charge is 0.240 e. The van der Waals surface area contributed by atoms with Crippen LogP contribution in [0, 0.1) is 6.92 Å². The lowest BCUT2D eigenvalue weighted by Crippen LogP contribution is -2.43. The Bertz CT molecular complexity index is 589. The first kappa shape index (κ1) is 18.1. The molecule has 4 N–H and O–H groups in total. The molecule has 0 aliphatic rings. The summed E-state index contributed by atoms with van der Waals surface area (Å²) in [6.07, 6.45) is -0.769. The lowest BCUT2D eigenvalue weighted by molar-refractivity contribution is 0.164. The first-order valence-corrected chi connectivity index (χ1v) is 8.48. The van der Waals surface area contributed by atoms with Gasteiger partial charge in [0.2, 0.25) is 10.0 Å². The summed E-state index contributed by atoms with van der Waals surface area (Å²) in [4.78, 5) is 0.257. The number of aliphatic hydroxyl groups excluding tert-OH is 1. The Balaban J connectivity index is 3.08. The number of benzene rings is 1. The molecule has 2 atom stereocenters. The standard InChI is InChI=1S/C15H26N2O3S/c1-10-6-7-12(15(3,4)5)8-14(10)21(19,20)17-9-13(16)11(2)18/h6-8,11,13,17-18H,9,16H2,1-5H3. The molecule has 0 amide bonds. The molecule has 0 spiro atoms. The first-order chi connectivity index (χ1) is 9.45. The van der Waals surface area contributed by atoms with Gasteiger partial charge in [0.1, 0.15) is 0 Å². The van der Waals surface area contributed by atoms with Gasteiger partial charge in [-0.15, -0.1) is 0 Å². The Morgan fingerprint density at radius 1 is 1.33 bits per heavy atom. The molecule has 0 heterocycles. The molecular weight excluding hydrogens is 288 g/mol. The summed E-state index contributed by atoms with van der Waals surface area (Å²) in [5.74, 6) is 0. The molecule has 1 rings (SSSR count). The number of nitrogens with one attached hydrogen (secondary N) is 1. The fraction of sp³-hybridized carbons (Fsp3) is 0.600. The van der Waals surface area contributed by atoms with Crippen LogP contribution >= 0.6 is 0 Å². The van der Waals surface area contributed by atoms with Crippen LogP contribution in [0.3, 0.4) is 0 Å². The second-order valence-corrected chi connectivity index (χ2v) is 8.22. The third-order valence-corrected chi connectivity index (χ3v) is 5.04. The molecule has 0 radical (unpaired) electrons. The number of rotatable bonds is 5. The van der Waals surface area contributed by atoms with Gasteiger partial charge in [0.15, 0.2) is 0 Å². The van der Waals surface area contributed by atoms with Gasteiger partial charge < -0.3 is 10.8 Å². The van der Waals surface area contributed by atoms with E-state index in [0.29, 0.717) is 5.56 Å². The van der Waals surface area contributed by atoms with E-state index in [9.17, 15) is 13.5 Å². The average molecular weight is 314 g/mol. The first-order valence-electron chi connectivity index (χ1n) is 6.99. The van der Waals surface area contributed by atoms with E-state index in [-0.39, 0.29) is 16.9 Å². The summed E-state index contributed by atoms with van der Waals surface area (Å²) < 4.78 is 27.3. The van der Waals surface area contributed by atoms with Crippen molar-refractivity contribution in [1.82, 2.24) is 4.72 Å². The van der Waals surface area contributed by atoms with Crippen molar-refractivity contribution in [2.75, 3.05) is 6.54 Å². The van der Waals surface area contributed by atoms with Gasteiger partial charge in [-0.25, -0.2) is 13.1 Å². The van der Waals surface area contributed by atoms with E-state index >= 15 is 0 Å². The average Bonchev–Trinajstić information content (AvgIpc) is 2.34. The SMILES string of the molecule is Cc1ccc(C(C)(C)C)cc1S(=O)(=O)NCC(N)C(C)O. The number of sulfonamides is 1. The zero-order valence-corrected chi connectivity index (χ0v) is 14.2. The van der Waals surface area contributed by atoms with Crippen molar-refractivity contribution in [3.05, 3.63) is 29.3 Å². The molecule has 6 heteroatoms. The highest BCUT2D eigenvalue weighted by molar-refractivity contribution is 7.89. The van der Waals surface area contributed by atoms with Gasteiger partial charge in [-0.1, -0.05) is 32.9 Å². The second-order valence-electron chi connectivity index (χ2n) is 6.49. The highest BCUT2D eigenvalue weighted by atomic mass is 32.2. The lowest BCUT2D eigenvalue weighted by Gasteiger charge is -2.21. The minimum Gasteiger partial charge on any atom is -0.392 e. The zero-order chi connectivity index (χ0) is 16.4. The van der Waals surface area contributed by atoms with E-state index in [1.807, 2.05) is 32.9 Å². The Morgan fingerprint density at radius 3 is 2.38 bits per heavy atom. The van der Waals surface area contributed by atoms with E-state index in [1.165, 1.54) is 6.92 Å². The molecule has 2 unspecified atom stereocenters. The predicted octanol–water partition coefficient (Wildman–Crippen LogP) is 1.28. The number of aliphatic hydroxyl groups is 1. The van der Waals surface area contributed by atoms with Crippen molar-refractivity contribution in [2.24, 2.45) is 5.73 Å². The van der Waals surface area contributed by atoms with Crippen molar-refractivity contribution in [2.45, 2.75) is 57.1 Å². The van der Waals surface area contributed by atoms with Crippen LogP contribution in [0.4, 0.5) is 0 Å². The molecule has 1 aromatic carbocycles. The normalized spacial score (nSPS) is 15.8. The monoisotopic (exact) mass is 314 g/mol. The number of aryl methyl sites for hydroxylation is 1.